The number of aliphatic imine (C=N–C) groups is 1. The SMILES string of the molecule is CCCc1cccc(-c2ccc3c(c2)C2(N=C(N)N(C)C2=O)C2(CCC(OC)CC2)C3)c1. The number of nitrogens with two attached hydrogens (primary N) is 1. The molecule has 0 bridgehead atoms. The monoisotopic (exact) mass is 431 g/mol. The number of rotatable bonds is 4. The molecule has 1 atom stereocenters. The number of amides is 1. The van der Waals surface area contributed by atoms with Crippen molar-refractivity contribution in [1.29, 1.82) is 0 Å². The third-order valence-electron chi connectivity index (χ3n) is 8.06. The molecule has 2 N–H and O–H groups in total. The molecule has 1 heterocycles. The van der Waals surface area contributed by atoms with Gasteiger partial charge in [0, 0.05) is 19.6 Å². The van der Waals surface area contributed by atoms with E-state index in [1.165, 1.54) is 16.7 Å². The van der Waals surface area contributed by atoms with Gasteiger partial charge >= 0.3 is 0 Å². The van der Waals surface area contributed by atoms with E-state index in [1.807, 2.05) is 0 Å². The Labute approximate surface area is 190 Å². The van der Waals surface area contributed by atoms with Gasteiger partial charge in [-0.3, -0.25) is 9.69 Å². The summed E-state index contributed by atoms with van der Waals surface area (Å²) in [5, 5.41) is 0. The number of hydrogen-bond acceptors (Lipinski definition) is 4. The molecule has 2 spiro atoms. The van der Waals surface area contributed by atoms with Crippen LogP contribution in [0.4, 0.5) is 0 Å². The molecule has 1 fully saturated rings. The molecule has 3 aliphatic rings. The molecular weight excluding hydrogens is 398 g/mol. The Balaban J connectivity index is 1.63. The minimum absolute atomic E-state index is 0.0153. The number of ether oxygens (including phenoxy) is 1. The van der Waals surface area contributed by atoms with Crippen molar-refractivity contribution in [3.05, 3.63) is 59.2 Å². The van der Waals surface area contributed by atoms with Crippen molar-refractivity contribution in [3.63, 3.8) is 0 Å². The number of guanidine groups is 1. The molecule has 32 heavy (non-hydrogen) atoms. The van der Waals surface area contributed by atoms with Crippen molar-refractivity contribution in [1.82, 2.24) is 4.90 Å². The van der Waals surface area contributed by atoms with Gasteiger partial charge in [-0.25, -0.2) is 4.99 Å². The zero-order valence-corrected chi connectivity index (χ0v) is 19.4. The molecule has 0 radical (unpaired) electrons. The van der Waals surface area contributed by atoms with Crippen molar-refractivity contribution in [2.45, 2.75) is 63.5 Å². The first-order chi connectivity index (χ1) is 15.4. The average Bonchev–Trinajstić information content (AvgIpc) is 3.21. The fraction of sp³-hybridized carbons (Fsp3) is 0.481. The summed E-state index contributed by atoms with van der Waals surface area (Å²) in [6.07, 6.45) is 7.04. The lowest BCUT2D eigenvalue weighted by molar-refractivity contribution is -0.137. The van der Waals surface area contributed by atoms with Gasteiger partial charge in [-0.05, 0) is 72.4 Å². The lowest BCUT2D eigenvalue weighted by Crippen LogP contribution is -2.51. The van der Waals surface area contributed by atoms with E-state index >= 15 is 0 Å². The maximum absolute atomic E-state index is 13.8. The predicted molar refractivity (Wildman–Crippen MR) is 127 cm³/mol. The molecule has 5 heteroatoms. The summed E-state index contributed by atoms with van der Waals surface area (Å²) in [5.74, 6) is 0.341. The highest BCUT2D eigenvalue weighted by Crippen LogP contribution is 2.62. The van der Waals surface area contributed by atoms with Gasteiger partial charge in [-0.1, -0.05) is 49.7 Å². The number of likely N-dealkylation sites (N-methyl/N-ethyl adjacent to an activating group) is 1. The molecule has 2 aromatic rings. The molecule has 5 rings (SSSR count). The van der Waals surface area contributed by atoms with Crippen LogP contribution in [0.5, 0.6) is 0 Å². The number of nitrogens with zero attached hydrogens (tertiary/aromatic N) is 2. The van der Waals surface area contributed by atoms with Gasteiger partial charge in [-0.2, -0.15) is 0 Å². The molecule has 2 aromatic carbocycles. The average molecular weight is 432 g/mol. The molecule has 0 saturated heterocycles. The molecule has 1 aliphatic heterocycles. The molecule has 1 saturated carbocycles. The van der Waals surface area contributed by atoms with E-state index in [9.17, 15) is 4.79 Å². The predicted octanol–water partition coefficient (Wildman–Crippen LogP) is 4.42. The molecule has 2 aliphatic carbocycles. The van der Waals surface area contributed by atoms with Gasteiger partial charge in [0.1, 0.15) is 0 Å². The first kappa shape index (κ1) is 21.2. The van der Waals surface area contributed by atoms with Gasteiger partial charge in [-0.15, -0.1) is 0 Å². The van der Waals surface area contributed by atoms with Crippen molar-refractivity contribution >= 4 is 11.9 Å². The third kappa shape index (κ3) is 2.94. The standard InChI is InChI=1S/C27H33N3O2/c1-4-6-18-7-5-8-19(15-18)20-9-10-21-17-26(13-11-22(32-3)12-14-26)27(23(21)16-20)24(31)30(2)25(28)29-27/h5,7-10,15-16,22H,4,6,11-14,17H2,1-3H3,(H2,28,29). The number of fused-ring (bicyclic) bond motifs is 3. The maximum Gasteiger partial charge on any atom is 0.262 e. The van der Waals surface area contributed by atoms with Crippen LogP contribution in [0.2, 0.25) is 0 Å². The van der Waals surface area contributed by atoms with Crippen LogP contribution in [0.25, 0.3) is 11.1 Å². The number of benzene rings is 2. The molecule has 1 unspecified atom stereocenters. The summed E-state index contributed by atoms with van der Waals surface area (Å²) < 4.78 is 5.64. The Morgan fingerprint density at radius 1 is 1.16 bits per heavy atom. The van der Waals surface area contributed by atoms with E-state index in [2.05, 4.69) is 49.4 Å². The van der Waals surface area contributed by atoms with Crippen LogP contribution in [0.3, 0.4) is 0 Å². The molecule has 168 valence electrons. The van der Waals surface area contributed by atoms with Crippen LogP contribution in [0.1, 0.15) is 55.7 Å². The van der Waals surface area contributed by atoms with E-state index < -0.39 is 5.54 Å². The quantitative estimate of drug-likeness (QED) is 0.779. The van der Waals surface area contributed by atoms with Crippen molar-refractivity contribution in [2.24, 2.45) is 16.1 Å². The summed E-state index contributed by atoms with van der Waals surface area (Å²) in [6, 6.07) is 15.4. The lowest BCUT2D eigenvalue weighted by atomic mass is 9.61. The normalized spacial score (nSPS) is 29.1. The Kier molecular flexibility index (Phi) is 5.12. The molecule has 5 nitrogen and oxygen atoms in total. The van der Waals surface area contributed by atoms with Crippen molar-refractivity contribution in [2.75, 3.05) is 14.2 Å². The van der Waals surface area contributed by atoms with Gasteiger partial charge in [0.2, 0.25) is 0 Å². The first-order valence-corrected chi connectivity index (χ1v) is 11.8. The summed E-state index contributed by atoms with van der Waals surface area (Å²) in [5.41, 5.74) is 11.0. The van der Waals surface area contributed by atoms with Gasteiger partial charge in [0.25, 0.3) is 5.91 Å². The topological polar surface area (TPSA) is 67.9 Å². The molecule has 0 aromatic heterocycles. The number of carbonyl (C=O) groups excluding carboxylic acids is 1. The second-order valence-corrected chi connectivity index (χ2v) is 9.76. The van der Waals surface area contributed by atoms with E-state index in [4.69, 9.17) is 15.5 Å². The summed E-state index contributed by atoms with van der Waals surface area (Å²) in [6.45, 7) is 2.20. The van der Waals surface area contributed by atoms with E-state index in [-0.39, 0.29) is 17.4 Å². The highest BCUT2D eigenvalue weighted by molar-refractivity contribution is 6.08. The Morgan fingerprint density at radius 3 is 2.56 bits per heavy atom. The van der Waals surface area contributed by atoms with Gasteiger partial charge in [0.15, 0.2) is 11.5 Å². The number of carbonyl (C=O) groups is 1. The van der Waals surface area contributed by atoms with E-state index in [0.717, 1.165) is 56.1 Å². The minimum atomic E-state index is -0.920. The Hall–Kier alpha value is -2.66. The van der Waals surface area contributed by atoms with E-state index in [0.29, 0.717) is 5.96 Å². The summed E-state index contributed by atoms with van der Waals surface area (Å²) in [7, 11) is 3.53. The first-order valence-electron chi connectivity index (χ1n) is 11.8. The number of aryl methyl sites for hydroxylation is 1. The second kappa shape index (κ2) is 7.73. The zero-order valence-electron chi connectivity index (χ0n) is 19.4. The largest absolute Gasteiger partial charge is 0.381 e. The minimum Gasteiger partial charge on any atom is -0.381 e. The second-order valence-electron chi connectivity index (χ2n) is 9.76. The fourth-order valence-corrected chi connectivity index (χ4v) is 6.30. The van der Waals surface area contributed by atoms with Gasteiger partial charge < -0.3 is 10.5 Å². The van der Waals surface area contributed by atoms with E-state index in [1.54, 1.807) is 19.1 Å². The fourth-order valence-electron chi connectivity index (χ4n) is 6.30. The van der Waals surface area contributed by atoms with Crippen LogP contribution >= 0.6 is 0 Å². The van der Waals surface area contributed by atoms with Crippen LogP contribution in [-0.2, 0) is 27.9 Å². The molecule has 1 amide bonds. The van der Waals surface area contributed by atoms with Gasteiger partial charge in [0.05, 0.1) is 6.10 Å². The van der Waals surface area contributed by atoms with Crippen LogP contribution in [0.15, 0.2) is 47.5 Å². The smallest absolute Gasteiger partial charge is 0.262 e. The van der Waals surface area contributed by atoms with Crippen LogP contribution < -0.4 is 5.73 Å². The third-order valence-corrected chi connectivity index (χ3v) is 8.06. The summed E-state index contributed by atoms with van der Waals surface area (Å²) >= 11 is 0. The van der Waals surface area contributed by atoms with Crippen LogP contribution in [0, 0.1) is 5.41 Å². The van der Waals surface area contributed by atoms with Crippen LogP contribution in [-0.4, -0.2) is 37.0 Å². The Bertz CT molecular complexity index is 1080. The molecular formula is C27H33N3O2. The number of methoxy groups -OCH3 is 1. The number of hydrogen-bond donors (Lipinski definition) is 1. The lowest BCUT2D eigenvalue weighted by Gasteiger charge is -2.45. The highest BCUT2D eigenvalue weighted by atomic mass is 16.5. The van der Waals surface area contributed by atoms with Crippen molar-refractivity contribution in [3.8, 4) is 11.1 Å². The Morgan fingerprint density at radius 2 is 1.91 bits per heavy atom. The zero-order chi connectivity index (χ0) is 22.5. The summed E-state index contributed by atoms with van der Waals surface area (Å²) in [4.78, 5) is 20.3. The highest BCUT2D eigenvalue weighted by Gasteiger charge is 2.66. The maximum atomic E-state index is 13.8. The van der Waals surface area contributed by atoms with Crippen molar-refractivity contribution < 1.29 is 9.53 Å².